The third-order valence-corrected chi connectivity index (χ3v) is 8.38. The number of carbonyl (C=O) groups excluding carboxylic acids is 2. The van der Waals surface area contributed by atoms with Crippen LogP contribution in [0.2, 0.25) is 0 Å². The number of hydrogen-bond acceptors (Lipinski definition) is 3. The Morgan fingerprint density at radius 1 is 0.919 bits per heavy atom. The molecule has 0 amide bonds. The minimum absolute atomic E-state index is 0.0456. The van der Waals surface area contributed by atoms with Crippen LogP contribution in [0.3, 0.4) is 0 Å². The van der Waals surface area contributed by atoms with Gasteiger partial charge in [-0.3, -0.25) is 9.59 Å². The Labute approximate surface area is 226 Å². The summed E-state index contributed by atoms with van der Waals surface area (Å²) in [4.78, 5) is 28.9. The number of aliphatic hydroxyl groups excluding tert-OH is 1. The molecule has 0 radical (unpaired) electrons. The highest BCUT2D eigenvalue weighted by Gasteiger charge is 2.65. The van der Waals surface area contributed by atoms with Crippen molar-refractivity contribution in [2.45, 2.75) is 114 Å². The number of ketones is 2. The molecule has 2 aliphatic rings. The average molecular weight is 509 g/mol. The maximum atomic E-state index is 14.6. The fourth-order valence-electron chi connectivity index (χ4n) is 6.62. The smallest absolute Gasteiger partial charge is 0.176 e. The quantitative estimate of drug-likeness (QED) is 0.223. The lowest BCUT2D eigenvalue weighted by Crippen LogP contribution is -2.60. The minimum Gasteiger partial charge on any atom is -0.511 e. The fourth-order valence-corrected chi connectivity index (χ4v) is 6.62. The van der Waals surface area contributed by atoms with Crippen molar-refractivity contribution < 1.29 is 14.7 Å². The van der Waals surface area contributed by atoms with E-state index in [-0.39, 0.29) is 35.1 Å². The molecule has 0 aromatic rings. The molecule has 0 aromatic carbocycles. The van der Waals surface area contributed by atoms with E-state index in [4.69, 9.17) is 0 Å². The van der Waals surface area contributed by atoms with Gasteiger partial charge < -0.3 is 5.11 Å². The van der Waals surface area contributed by atoms with Crippen LogP contribution < -0.4 is 0 Å². The van der Waals surface area contributed by atoms with E-state index in [0.717, 1.165) is 31.3 Å². The second-order valence-electron chi connectivity index (χ2n) is 13.0. The Hall–Kier alpha value is -2.16. The number of fused-ring (bicyclic) bond motifs is 2. The predicted molar refractivity (Wildman–Crippen MR) is 156 cm³/mol. The fraction of sp³-hybridized carbons (Fsp3) is 0.647. The molecule has 2 rings (SSSR count). The summed E-state index contributed by atoms with van der Waals surface area (Å²) in [5, 5.41) is 11.9. The Morgan fingerprint density at radius 2 is 1.49 bits per heavy atom. The van der Waals surface area contributed by atoms with Gasteiger partial charge in [0.25, 0.3) is 0 Å². The number of aliphatic hydroxyl groups is 1. The van der Waals surface area contributed by atoms with Crippen molar-refractivity contribution in [3.8, 4) is 0 Å². The normalized spacial score (nSPS) is 27.1. The highest BCUT2D eigenvalue weighted by molar-refractivity contribution is 6.16. The molecular formula is C34H52O3. The second-order valence-corrected chi connectivity index (χ2v) is 13.0. The molecule has 3 nitrogen and oxygen atoms in total. The highest BCUT2D eigenvalue weighted by atomic mass is 16.3. The van der Waals surface area contributed by atoms with E-state index in [9.17, 15) is 14.7 Å². The molecule has 1 saturated carbocycles. The monoisotopic (exact) mass is 508 g/mol. The van der Waals surface area contributed by atoms with Crippen LogP contribution in [0.4, 0.5) is 0 Å². The van der Waals surface area contributed by atoms with Crippen LogP contribution >= 0.6 is 0 Å². The summed E-state index contributed by atoms with van der Waals surface area (Å²) in [5.41, 5.74) is 3.59. The first kappa shape index (κ1) is 31.1. The van der Waals surface area contributed by atoms with Crippen molar-refractivity contribution in [2.24, 2.45) is 28.6 Å². The summed E-state index contributed by atoms with van der Waals surface area (Å²) in [6.07, 6.45) is 13.5. The summed E-state index contributed by atoms with van der Waals surface area (Å²) in [6.45, 7) is 20.5. The first-order valence-electron chi connectivity index (χ1n) is 14.2. The maximum absolute atomic E-state index is 14.6. The average Bonchev–Trinajstić information content (AvgIpc) is 2.80. The lowest BCUT2D eigenvalue weighted by atomic mass is 9.44. The van der Waals surface area contributed by atoms with Gasteiger partial charge in [-0.05, 0) is 112 Å². The molecule has 37 heavy (non-hydrogen) atoms. The Kier molecular flexibility index (Phi) is 10.6. The van der Waals surface area contributed by atoms with Gasteiger partial charge in [-0.2, -0.15) is 0 Å². The molecule has 2 bridgehead atoms. The summed E-state index contributed by atoms with van der Waals surface area (Å²) in [5.74, 6) is 0.0469. The van der Waals surface area contributed by atoms with E-state index in [1.54, 1.807) is 0 Å². The molecule has 0 saturated heterocycles. The van der Waals surface area contributed by atoms with Crippen molar-refractivity contribution in [1.29, 1.82) is 0 Å². The van der Waals surface area contributed by atoms with Gasteiger partial charge in [-0.25, -0.2) is 0 Å². The van der Waals surface area contributed by atoms with Crippen molar-refractivity contribution in [3.63, 3.8) is 0 Å². The number of rotatable bonds is 11. The lowest BCUT2D eigenvalue weighted by Gasteiger charge is -2.57. The molecule has 2 aliphatic carbocycles. The van der Waals surface area contributed by atoms with E-state index in [2.05, 4.69) is 59.8 Å². The summed E-state index contributed by atoms with van der Waals surface area (Å²) in [6, 6.07) is 0. The minimum atomic E-state index is -1.09. The highest BCUT2D eigenvalue weighted by Crippen LogP contribution is 2.64. The molecule has 0 aliphatic heterocycles. The van der Waals surface area contributed by atoms with Gasteiger partial charge in [-0.15, -0.1) is 0 Å². The van der Waals surface area contributed by atoms with Crippen LogP contribution in [-0.4, -0.2) is 16.7 Å². The molecule has 1 fully saturated rings. The molecule has 3 heteroatoms. The van der Waals surface area contributed by atoms with Crippen molar-refractivity contribution in [3.05, 3.63) is 57.9 Å². The molecule has 206 valence electrons. The van der Waals surface area contributed by atoms with Crippen LogP contribution in [0.5, 0.6) is 0 Å². The van der Waals surface area contributed by atoms with E-state index in [1.807, 2.05) is 33.8 Å². The third-order valence-electron chi connectivity index (χ3n) is 8.38. The van der Waals surface area contributed by atoms with Crippen LogP contribution in [-0.2, 0) is 9.59 Å². The second kappa shape index (κ2) is 12.6. The van der Waals surface area contributed by atoms with Gasteiger partial charge in [0.05, 0.1) is 5.41 Å². The Bertz CT molecular complexity index is 1020. The summed E-state index contributed by atoms with van der Waals surface area (Å²) < 4.78 is 0. The summed E-state index contributed by atoms with van der Waals surface area (Å²) >= 11 is 0. The molecule has 4 unspecified atom stereocenters. The first-order chi connectivity index (χ1) is 17.2. The summed E-state index contributed by atoms with van der Waals surface area (Å²) in [7, 11) is 0. The lowest BCUT2D eigenvalue weighted by molar-refractivity contribution is -0.159. The largest absolute Gasteiger partial charge is 0.511 e. The van der Waals surface area contributed by atoms with E-state index < -0.39 is 10.8 Å². The maximum Gasteiger partial charge on any atom is 0.176 e. The number of Topliss-reactive ketones (excluding diaryl/α,β-unsaturated/α-hetero) is 2. The van der Waals surface area contributed by atoms with E-state index in [0.29, 0.717) is 24.8 Å². The zero-order chi connectivity index (χ0) is 28.1. The van der Waals surface area contributed by atoms with E-state index >= 15 is 0 Å². The van der Waals surface area contributed by atoms with Gasteiger partial charge in [0, 0.05) is 16.9 Å². The molecule has 0 spiro atoms. The SMILES string of the molecule is CC(C)=CCCC1C(CC=C(C)C)CC2(CC=C(C)C)CC1(C(=O)C(C)C)C(=O)C(CC=C(C)C)=C2O. The zero-order valence-corrected chi connectivity index (χ0v) is 25.3. The number of allylic oxidation sites excluding steroid dienone is 10. The van der Waals surface area contributed by atoms with Crippen molar-refractivity contribution in [2.75, 3.05) is 0 Å². The van der Waals surface area contributed by atoms with Crippen LogP contribution in [0.15, 0.2) is 57.9 Å². The van der Waals surface area contributed by atoms with Gasteiger partial charge in [0.1, 0.15) is 11.5 Å². The van der Waals surface area contributed by atoms with Crippen LogP contribution in [0.25, 0.3) is 0 Å². The van der Waals surface area contributed by atoms with Crippen molar-refractivity contribution in [1.82, 2.24) is 0 Å². The molecular weight excluding hydrogens is 456 g/mol. The molecule has 0 heterocycles. The van der Waals surface area contributed by atoms with Crippen molar-refractivity contribution >= 4 is 11.6 Å². The Balaban J connectivity index is 2.89. The van der Waals surface area contributed by atoms with Gasteiger partial charge >= 0.3 is 0 Å². The molecule has 1 N–H and O–H groups in total. The molecule has 4 atom stereocenters. The number of carbonyl (C=O) groups is 2. The van der Waals surface area contributed by atoms with Gasteiger partial charge in [0.15, 0.2) is 5.78 Å². The van der Waals surface area contributed by atoms with Crippen LogP contribution in [0, 0.1) is 28.6 Å². The number of hydrogen-bond donors (Lipinski definition) is 1. The van der Waals surface area contributed by atoms with Crippen LogP contribution in [0.1, 0.15) is 114 Å². The third kappa shape index (κ3) is 6.84. The topological polar surface area (TPSA) is 54.4 Å². The van der Waals surface area contributed by atoms with E-state index in [1.165, 1.54) is 16.7 Å². The molecule has 0 aromatic heterocycles. The standard InChI is InChI=1S/C34H52O3/c1-22(2)12-11-13-29-27(16-14-23(3)4)20-33(19-18-25(7)8)21-34(29,30(35)26(9)10)32(37)28(31(33)36)17-15-24(5)6/h12,14-15,18,26-27,29,36H,11,13,16-17,19-21H2,1-10H3. The predicted octanol–water partition coefficient (Wildman–Crippen LogP) is 9.42. The Morgan fingerprint density at radius 3 is 2.00 bits per heavy atom. The zero-order valence-electron chi connectivity index (χ0n) is 25.3. The first-order valence-corrected chi connectivity index (χ1v) is 14.2. The van der Waals surface area contributed by atoms with Gasteiger partial charge in [0.2, 0.25) is 0 Å². The van der Waals surface area contributed by atoms with Gasteiger partial charge in [-0.1, -0.05) is 60.4 Å².